The van der Waals surface area contributed by atoms with Gasteiger partial charge in [0.25, 0.3) is 0 Å². The average Bonchev–Trinajstić information content (AvgIpc) is 2.08. The van der Waals surface area contributed by atoms with Crippen LogP contribution in [0.2, 0.25) is 0 Å². The molecule has 0 fully saturated rings. The van der Waals surface area contributed by atoms with E-state index in [4.69, 9.17) is 16.3 Å². The Morgan fingerprint density at radius 2 is 1.24 bits per heavy atom. The van der Waals surface area contributed by atoms with E-state index in [1.165, 1.54) is 0 Å². The summed E-state index contributed by atoms with van der Waals surface area (Å²) in [5.41, 5.74) is -0.547. The summed E-state index contributed by atoms with van der Waals surface area (Å²) in [6.45, 7) is 17.2. The van der Waals surface area contributed by atoms with Gasteiger partial charge in [-0.1, -0.05) is 55.4 Å². The van der Waals surface area contributed by atoms with Crippen LogP contribution in [0.1, 0.15) is 55.4 Å². The lowest BCUT2D eigenvalue weighted by Crippen LogP contribution is -2.41. The van der Waals surface area contributed by atoms with E-state index >= 15 is 0 Å². The second-order valence-corrected chi connectivity index (χ2v) is 7.44. The molecule has 0 heterocycles. The number of hydrogen-bond donors (Lipinski definition) is 0. The van der Waals surface area contributed by atoms with Crippen LogP contribution < -0.4 is 0 Å². The largest absolute Gasteiger partial charge is 0.450 e. The van der Waals surface area contributed by atoms with Crippen molar-refractivity contribution in [2.24, 2.45) is 22.7 Å². The Morgan fingerprint density at radius 1 is 0.941 bits per heavy atom. The first kappa shape index (κ1) is 16.8. The molecule has 0 aromatic heterocycles. The van der Waals surface area contributed by atoms with Gasteiger partial charge in [0.2, 0.25) is 0 Å². The zero-order valence-electron chi connectivity index (χ0n) is 12.4. The van der Waals surface area contributed by atoms with Gasteiger partial charge in [0.05, 0.1) is 0 Å². The van der Waals surface area contributed by atoms with E-state index in [9.17, 15) is 4.79 Å². The van der Waals surface area contributed by atoms with Crippen LogP contribution in [0.3, 0.4) is 0 Å². The van der Waals surface area contributed by atoms with Crippen molar-refractivity contribution in [2.75, 3.05) is 0 Å². The van der Waals surface area contributed by atoms with E-state index < -0.39 is 5.43 Å². The summed E-state index contributed by atoms with van der Waals surface area (Å²) in [4.78, 5) is 11.1. The summed E-state index contributed by atoms with van der Waals surface area (Å²) in [5, 5.41) is 0. The quantitative estimate of drug-likeness (QED) is 0.662. The maximum atomic E-state index is 11.1. The summed E-state index contributed by atoms with van der Waals surface area (Å²) in [6, 6.07) is 0. The first-order valence-corrected chi connectivity index (χ1v) is 6.61. The highest BCUT2D eigenvalue weighted by Gasteiger charge is 2.39. The number of hydrogen-bond acceptors (Lipinski definition) is 2. The Bertz CT molecular complexity index is 240. The Morgan fingerprint density at radius 3 is 1.41 bits per heavy atom. The van der Waals surface area contributed by atoms with E-state index in [-0.39, 0.29) is 28.8 Å². The van der Waals surface area contributed by atoms with Crippen LogP contribution in [0.5, 0.6) is 0 Å². The monoisotopic (exact) mass is 262 g/mol. The summed E-state index contributed by atoms with van der Waals surface area (Å²) < 4.78 is 5.35. The molecular formula is C14H27ClO2. The third-order valence-electron chi connectivity index (χ3n) is 3.95. The lowest BCUT2D eigenvalue weighted by atomic mass is 9.69. The minimum Gasteiger partial charge on any atom is -0.450 e. The van der Waals surface area contributed by atoms with E-state index in [0.29, 0.717) is 0 Å². The molecule has 0 aliphatic heterocycles. The van der Waals surface area contributed by atoms with E-state index in [1.807, 2.05) is 0 Å². The molecule has 0 saturated heterocycles. The Balaban J connectivity index is 5.08. The first-order chi connectivity index (χ1) is 7.37. The zero-order chi connectivity index (χ0) is 14.0. The molecule has 0 rings (SSSR count). The molecule has 0 bridgehead atoms. The fourth-order valence-electron chi connectivity index (χ4n) is 1.73. The molecule has 0 spiro atoms. The molecule has 0 saturated carbocycles. The first-order valence-electron chi connectivity index (χ1n) is 6.23. The van der Waals surface area contributed by atoms with Gasteiger partial charge in [0.1, 0.15) is 6.10 Å². The fourth-order valence-corrected chi connectivity index (χ4v) is 1.83. The molecule has 0 N–H and O–H groups in total. The number of ether oxygens (including phenoxy) is 1. The van der Waals surface area contributed by atoms with Crippen molar-refractivity contribution in [3.8, 4) is 0 Å². The molecule has 0 unspecified atom stereocenters. The van der Waals surface area contributed by atoms with Crippen LogP contribution >= 0.6 is 11.6 Å². The van der Waals surface area contributed by atoms with Gasteiger partial charge in [-0.3, -0.25) is 0 Å². The second kappa shape index (κ2) is 5.60. The number of rotatable bonds is 3. The minimum atomic E-state index is -0.706. The van der Waals surface area contributed by atoms with Crippen molar-refractivity contribution in [3.63, 3.8) is 0 Å². The Labute approximate surface area is 111 Å². The normalized spacial score (nSPS) is 16.8. The van der Waals surface area contributed by atoms with Crippen LogP contribution in [0, 0.1) is 22.7 Å². The van der Waals surface area contributed by atoms with Gasteiger partial charge in [-0.05, 0) is 22.7 Å². The highest BCUT2D eigenvalue weighted by atomic mass is 35.5. The molecule has 0 amide bonds. The number of carbonyl (C=O) groups is 1. The van der Waals surface area contributed by atoms with Gasteiger partial charge in [0.15, 0.2) is 0 Å². The third-order valence-corrected chi connectivity index (χ3v) is 4.04. The van der Waals surface area contributed by atoms with Gasteiger partial charge < -0.3 is 4.74 Å². The van der Waals surface area contributed by atoms with Crippen molar-refractivity contribution in [1.29, 1.82) is 0 Å². The van der Waals surface area contributed by atoms with Crippen LogP contribution in [-0.4, -0.2) is 11.5 Å². The maximum Gasteiger partial charge on any atom is 0.404 e. The average molecular weight is 263 g/mol. The maximum absolute atomic E-state index is 11.1. The highest BCUT2D eigenvalue weighted by Crippen LogP contribution is 2.39. The van der Waals surface area contributed by atoms with Gasteiger partial charge in [-0.15, -0.1) is 0 Å². The fraction of sp³-hybridized carbons (Fsp3) is 0.929. The number of carbonyl (C=O) groups excluding carboxylic acids is 1. The molecule has 2 atom stereocenters. The van der Waals surface area contributed by atoms with Crippen LogP contribution in [0.15, 0.2) is 0 Å². The molecule has 0 aliphatic carbocycles. The van der Waals surface area contributed by atoms with Crippen LogP contribution in [0.4, 0.5) is 4.79 Å². The SMILES string of the molecule is C[C@H](C(OC(=O)Cl)[C@@H](C)C(C)(C)C)C(C)(C)C. The minimum absolute atomic E-state index is 0.0799. The number of halogens is 1. The summed E-state index contributed by atoms with van der Waals surface area (Å²) in [6.07, 6.45) is -0.153. The molecule has 0 aromatic carbocycles. The van der Waals surface area contributed by atoms with Crippen molar-refractivity contribution in [2.45, 2.75) is 61.5 Å². The highest BCUT2D eigenvalue weighted by molar-refractivity contribution is 6.61. The predicted molar refractivity (Wildman–Crippen MR) is 73.4 cm³/mol. The van der Waals surface area contributed by atoms with E-state index in [2.05, 4.69) is 55.4 Å². The molecule has 3 heteroatoms. The molecule has 0 aromatic rings. The third kappa shape index (κ3) is 5.29. The van der Waals surface area contributed by atoms with Crippen LogP contribution in [-0.2, 0) is 4.74 Å². The second-order valence-electron chi connectivity index (χ2n) is 7.13. The van der Waals surface area contributed by atoms with Gasteiger partial charge in [-0.25, -0.2) is 4.79 Å². The van der Waals surface area contributed by atoms with Crippen molar-refractivity contribution >= 4 is 17.0 Å². The smallest absolute Gasteiger partial charge is 0.404 e. The standard InChI is InChI=1S/C14H27ClO2/c1-9(13(3,4)5)11(17-12(15)16)10(2)14(6,7)8/h9-11H,1-8H3/t9-,10-/m1/s1. The van der Waals surface area contributed by atoms with Crippen LogP contribution in [0.25, 0.3) is 0 Å². The van der Waals surface area contributed by atoms with Crippen molar-refractivity contribution < 1.29 is 9.53 Å². The Kier molecular flexibility index (Phi) is 5.52. The summed E-state index contributed by atoms with van der Waals surface area (Å²) >= 11 is 5.40. The zero-order valence-corrected chi connectivity index (χ0v) is 13.2. The molecular weight excluding hydrogens is 236 g/mol. The molecule has 0 radical (unpaired) electrons. The summed E-state index contributed by atoms with van der Waals surface area (Å²) in [7, 11) is 0. The predicted octanol–water partition coefficient (Wildman–Crippen LogP) is 5.09. The topological polar surface area (TPSA) is 26.3 Å². The molecule has 2 nitrogen and oxygen atoms in total. The van der Waals surface area contributed by atoms with Gasteiger partial charge in [0, 0.05) is 11.6 Å². The lowest BCUT2D eigenvalue weighted by molar-refractivity contribution is -0.0247. The Hall–Kier alpha value is -0.240. The van der Waals surface area contributed by atoms with Crippen molar-refractivity contribution in [1.82, 2.24) is 0 Å². The van der Waals surface area contributed by atoms with Crippen molar-refractivity contribution in [3.05, 3.63) is 0 Å². The molecule has 0 aliphatic rings. The molecule has 102 valence electrons. The molecule has 17 heavy (non-hydrogen) atoms. The van der Waals surface area contributed by atoms with Gasteiger partial charge in [-0.2, -0.15) is 0 Å². The summed E-state index contributed by atoms with van der Waals surface area (Å²) in [5.74, 6) is 0.499. The van der Waals surface area contributed by atoms with E-state index in [1.54, 1.807) is 0 Å². The van der Waals surface area contributed by atoms with Gasteiger partial charge >= 0.3 is 5.43 Å². The van der Waals surface area contributed by atoms with E-state index in [0.717, 1.165) is 0 Å². The lowest BCUT2D eigenvalue weighted by Gasteiger charge is -2.41.